The summed E-state index contributed by atoms with van der Waals surface area (Å²) in [5, 5.41) is 11.7. The molecule has 0 aliphatic rings. The molecule has 2 rings (SSSR count). The number of nitrogens with one attached hydrogen (secondary N) is 1. The van der Waals surface area contributed by atoms with E-state index < -0.39 is 0 Å². The lowest BCUT2D eigenvalue weighted by Gasteiger charge is -2.12. The molecule has 1 N–H and O–H groups in total. The van der Waals surface area contributed by atoms with Gasteiger partial charge in [-0.05, 0) is 32.4 Å². The van der Waals surface area contributed by atoms with E-state index in [0.717, 1.165) is 23.1 Å². The lowest BCUT2D eigenvalue weighted by atomic mass is 10.3. The van der Waals surface area contributed by atoms with Gasteiger partial charge < -0.3 is 5.32 Å². The highest BCUT2D eigenvalue weighted by molar-refractivity contribution is 8.00. The van der Waals surface area contributed by atoms with Gasteiger partial charge in [-0.3, -0.25) is 9.36 Å². The van der Waals surface area contributed by atoms with Crippen LogP contribution in [0.2, 0.25) is 0 Å². The molecule has 0 radical (unpaired) electrons. The minimum absolute atomic E-state index is 0.0297. The van der Waals surface area contributed by atoms with Crippen molar-refractivity contribution >= 4 is 17.7 Å². The van der Waals surface area contributed by atoms with Crippen LogP contribution in [0.4, 0.5) is 0 Å². The van der Waals surface area contributed by atoms with Crippen LogP contribution >= 0.6 is 11.8 Å². The van der Waals surface area contributed by atoms with Gasteiger partial charge in [0.05, 0.1) is 5.25 Å². The van der Waals surface area contributed by atoms with Crippen LogP contribution in [0, 0.1) is 6.92 Å². The highest BCUT2D eigenvalue weighted by Crippen LogP contribution is 2.25. The van der Waals surface area contributed by atoms with Gasteiger partial charge >= 0.3 is 0 Å². The molecule has 1 aromatic heterocycles. The molecule has 1 aromatic carbocycles. The maximum absolute atomic E-state index is 12.0. The summed E-state index contributed by atoms with van der Waals surface area (Å²) in [6.07, 6.45) is 0.933. The normalized spacial score (nSPS) is 12.1. The Morgan fingerprint density at radius 1 is 1.33 bits per heavy atom. The SMILES string of the molecule is CCCNC(=O)[C@@H](C)Sc1nnc(C)n1-c1ccccc1. The van der Waals surface area contributed by atoms with Gasteiger partial charge in [0.1, 0.15) is 5.82 Å². The standard InChI is InChI=1S/C15H20N4OS/c1-4-10-16-14(20)11(2)21-15-18-17-12(3)19(15)13-8-6-5-7-9-13/h5-9,11H,4,10H2,1-3H3,(H,16,20)/t11-/m1/s1. The smallest absolute Gasteiger partial charge is 0.233 e. The second kappa shape index (κ2) is 7.26. The number of rotatable bonds is 6. The lowest BCUT2D eigenvalue weighted by Crippen LogP contribution is -2.31. The highest BCUT2D eigenvalue weighted by Gasteiger charge is 2.19. The number of hydrogen-bond acceptors (Lipinski definition) is 4. The average Bonchev–Trinajstić information content (AvgIpc) is 2.86. The summed E-state index contributed by atoms with van der Waals surface area (Å²) < 4.78 is 1.97. The monoisotopic (exact) mass is 304 g/mol. The Labute approximate surface area is 129 Å². The molecule has 0 bridgehead atoms. The first-order valence-electron chi connectivity index (χ1n) is 7.05. The molecule has 1 heterocycles. The van der Waals surface area contributed by atoms with Crippen LogP contribution in [0.5, 0.6) is 0 Å². The Balaban J connectivity index is 2.17. The number of thioether (sulfide) groups is 1. The molecular formula is C15H20N4OS. The van der Waals surface area contributed by atoms with Crippen molar-refractivity contribution in [1.82, 2.24) is 20.1 Å². The lowest BCUT2D eigenvalue weighted by molar-refractivity contribution is -0.120. The van der Waals surface area contributed by atoms with Crippen LogP contribution in [-0.4, -0.2) is 32.5 Å². The largest absolute Gasteiger partial charge is 0.355 e. The predicted molar refractivity (Wildman–Crippen MR) is 84.7 cm³/mol. The number of benzene rings is 1. The molecule has 0 spiro atoms. The summed E-state index contributed by atoms with van der Waals surface area (Å²) in [6.45, 7) is 6.53. The van der Waals surface area contributed by atoms with E-state index in [1.54, 1.807) is 0 Å². The Morgan fingerprint density at radius 2 is 2.05 bits per heavy atom. The molecular weight excluding hydrogens is 284 g/mol. The van der Waals surface area contributed by atoms with Crippen molar-refractivity contribution in [2.45, 2.75) is 37.6 Å². The Kier molecular flexibility index (Phi) is 5.38. The van der Waals surface area contributed by atoms with Crippen LogP contribution in [0.25, 0.3) is 5.69 Å². The van der Waals surface area contributed by atoms with Gasteiger partial charge in [0, 0.05) is 12.2 Å². The molecule has 0 saturated heterocycles. The van der Waals surface area contributed by atoms with E-state index >= 15 is 0 Å². The number of hydrogen-bond donors (Lipinski definition) is 1. The fraction of sp³-hybridized carbons (Fsp3) is 0.400. The highest BCUT2D eigenvalue weighted by atomic mass is 32.2. The number of carbonyl (C=O) groups excluding carboxylic acids is 1. The third kappa shape index (κ3) is 3.85. The number of aromatic nitrogens is 3. The van der Waals surface area contributed by atoms with Crippen LogP contribution in [-0.2, 0) is 4.79 Å². The molecule has 21 heavy (non-hydrogen) atoms. The zero-order valence-corrected chi connectivity index (χ0v) is 13.4. The van der Waals surface area contributed by atoms with Gasteiger partial charge in [-0.25, -0.2) is 0 Å². The van der Waals surface area contributed by atoms with Crippen LogP contribution in [0.3, 0.4) is 0 Å². The predicted octanol–water partition coefficient (Wildman–Crippen LogP) is 2.58. The zero-order chi connectivity index (χ0) is 15.2. The van der Waals surface area contributed by atoms with Crippen molar-refractivity contribution < 1.29 is 4.79 Å². The van der Waals surface area contributed by atoms with Crippen LogP contribution in [0.1, 0.15) is 26.1 Å². The van der Waals surface area contributed by atoms with E-state index in [0.29, 0.717) is 6.54 Å². The summed E-state index contributed by atoms with van der Waals surface area (Å²) in [5.41, 5.74) is 1.00. The third-order valence-electron chi connectivity index (χ3n) is 3.01. The average molecular weight is 304 g/mol. The van der Waals surface area contributed by atoms with Crippen molar-refractivity contribution in [3.8, 4) is 5.69 Å². The minimum Gasteiger partial charge on any atom is -0.355 e. The number of aryl methyl sites for hydroxylation is 1. The van der Waals surface area contributed by atoms with Gasteiger partial charge in [-0.1, -0.05) is 36.9 Å². The van der Waals surface area contributed by atoms with Gasteiger partial charge in [0.15, 0.2) is 5.16 Å². The molecule has 0 saturated carbocycles. The quantitative estimate of drug-likeness (QED) is 0.833. The zero-order valence-electron chi connectivity index (χ0n) is 12.5. The van der Waals surface area contributed by atoms with E-state index in [2.05, 4.69) is 15.5 Å². The molecule has 112 valence electrons. The van der Waals surface area contributed by atoms with E-state index in [9.17, 15) is 4.79 Å². The van der Waals surface area contributed by atoms with Crippen molar-refractivity contribution in [2.24, 2.45) is 0 Å². The third-order valence-corrected chi connectivity index (χ3v) is 4.05. The van der Waals surface area contributed by atoms with E-state index in [4.69, 9.17) is 0 Å². The fourth-order valence-corrected chi connectivity index (χ4v) is 2.83. The summed E-state index contributed by atoms with van der Waals surface area (Å²) >= 11 is 1.42. The molecule has 0 aliphatic heterocycles. The van der Waals surface area contributed by atoms with E-state index in [-0.39, 0.29) is 11.2 Å². The molecule has 2 aromatic rings. The molecule has 0 aliphatic carbocycles. The molecule has 1 amide bonds. The number of amides is 1. The first-order valence-corrected chi connectivity index (χ1v) is 7.93. The second-order valence-electron chi connectivity index (χ2n) is 4.75. The molecule has 0 fully saturated rings. The van der Waals surface area contributed by atoms with Crippen LogP contribution in [0.15, 0.2) is 35.5 Å². The molecule has 0 unspecified atom stereocenters. The summed E-state index contributed by atoms with van der Waals surface area (Å²) in [4.78, 5) is 12.0. The molecule has 6 heteroatoms. The summed E-state index contributed by atoms with van der Waals surface area (Å²) in [6, 6.07) is 9.92. The van der Waals surface area contributed by atoms with Gasteiger partial charge in [0.2, 0.25) is 5.91 Å². The molecule has 1 atom stereocenters. The van der Waals surface area contributed by atoms with Gasteiger partial charge in [0.25, 0.3) is 0 Å². The maximum Gasteiger partial charge on any atom is 0.233 e. The van der Waals surface area contributed by atoms with E-state index in [1.165, 1.54) is 11.8 Å². The maximum atomic E-state index is 12.0. The number of para-hydroxylation sites is 1. The van der Waals surface area contributed by atoms with Crippen molar-refractivity contribution in [2.75, 3.05) is 6.54 Å². The van der Waals surface area contributed by atoms with Crippen LogP contribution < -0.4 is 5.32 Å². The first kappa shape index (κ1) is 15.6. The van der Waals surface area contributed by atoms with Crippen molar-refractivity contribution in [1.29, 1.82) is 0 Å². The topological polar surface area (TPSA) is 59.8 Å². The second-order valence-corrected chi connectivity index (χ2v) is 6.06. The summed E-state index contributed by atoms with van der Waals surface area (Å²) in [7, 11) is 0. The van der Waals surface area contributed by atoms with Crippen molar-refractivity contribution in [3.63, 3.8) is 0 Å². The fourth-order valence-electron chi connectivity index (χ4n) is 1.90. The Hall–Kier alpha value is -1.82. The number of nitrogens with zero attached hydrogens (tertiary/aromatic N) is 3. The van der Waals surface area contributed by atoms with Crippen molar-refractivity contribution in [3.05, 3.63) is 36.2 Å². The van der Waals surface area contributed by atoms with Gasteiger partial charge in [-0.2, -0.15) is 0 Å². The summed E-state index contributed by atoms with van der Waals surface area (Å²) in [5.74, 6) is 0.840. The molecule has 5 nitrogen and oxygen atoms in total. The minimum atomic E-state index is -0.206. The Morgan fingerprint density at radius 3 is 2.71 bits per heavy atom. The van der Waals surface area contributed by atoms with E-state index in [1.807, 2.05) is 55.7 Å². The van der Waals surface area contributed by atoms with Gasteiger partial charge in [-0.15, -0.1) is 10.2 Å². The Bertz CT molecular complexity index is 597. The first-order chi connectivity index (χ1) is 10.1. The number of carbonyl (C=O) groups is 1.